The third kappa shape index (κ3) is 4.67. The molecule has 2 aromatic carbocycles. The number of likely N-dealkylation sites (tertiary alicyclic amines) is 1. The van der Waals surface area contributed by atoms with Crippen molar-refractivity contribution in [2.24, 2.45) is 5.92 Å². The molecule has 0 aliphatic carbocycles. The van der Waals surface area contributed by atoms with E-state index in [0.29, 0.717) is 5.92 Å². The SMILES string of the molecule is COc1cc2ccccc2cc1C1OC1CC1CCN(C(=O)OC(C)(C)C)CC1. The minimum absolute atomic E-state index is 0.110. The lowest BCUT2D eigenvalue weighted by Crippen LogP contribution is -2.41. The van der Waals surface area contributed by atoms with Crippen molar-refractivity contribution < 1.29 is 19.0 Å². The molecule has 2 aromatic rings. The molecule has 0 bridgehead atoms. The predicted molar refractivity (Wildman–Crippen MR) is 113 cm³/mol. The predicted octanol–water partition coefficient (Wildman–Crippen LogP) is 5.33. The molecule has 4 rings (SSSR count). The van der Waals surface area contributed by atoms with Gasteiger partial charge in [-0.05, 0) is 68.9 Å². The average molecular weight is 398 g/mol. The van der Waals surface area contributed by atoms with E-state index in [4.69, 9.17) is 14.2 Å². The summed E-state index contributed by atoms with van der Waals surface area (Å²) in [6, 6.07) is 12.6. The van der Waals surface area contributed by atoms with E-state index in [0.717, 1.165) is 43.7 Å². The van der Waals surface area contributed by atoms with Crippen LogP contribution in [0.15, 0.2) is 36.4 Å². The van der Waals surface area contributed by atoms with Crippen molar-refractivity contribution in [3.63, 3.8) is 0 Å². The molecule has 1 amide bonds. The van der Waals surface area contributed by atoms with Crippen LogP contribution in [0.3, 0.4) is 0 Å². The first-order chi connectivity index (χ1) is 13.8. The molecule has 0 spiro atoms. The van der Waals surface area contributed by atoms with E-state index in [1.54, 1.807) is 7.11 Å². The molecule has 0 saturated carbocycles. The van der Waals surface area contributed by atoms with Gasteiger partial charge in [0, 0.05) is 18.7 Å². The van der Waals surface area contributed by atoms with Crippen molar-refractivity contribution in [2.45, 2.75) is 57.8 Å². The Balaban J connectivity index is 1.33. The Morgan fingerprint density at radius 1 is 1.14 bits per heavy atom. The van der Waals surface area contributed by atoms with Crippen molar-refractivity contribution in [3.05, 3.63) is 42.0 Å². The summed E-state index contributed by atoms with van der Waals surface area (Å²) in [5.74, 6) is 1.48. The molecule has 2 atom stereocenters. The number of hydrogen-bond donors (Lipinski definition) is 0. The van der Waals surface area contributed by atoms with Gasteiger partial charge < -0.3 is 19.1 Å². The van der Waals surface area contributed by atoms with Crippen LogP contribution < -0.4 is 4.74 Å². The third-order valence-corrected chi connectivity index (χ3v) is 5.82. The molecule has 2 aliphatic rings. The van der Waals surface area contributed by atoms with Gasteiger partial charge in [0.15, 0.2) is 0 Å². The summed E-state index contributed by atoms with van der Waals surface area (Å²) in [7, 11) is 1.72. The molecular formula is C24H31NO4. The number of carbonyl (C=O) groups excluding carboxylic acids is 1. The Bertz CT molecular complexity index is 880. The fraction of sp³-hybridized carbons (Fsp3) is 0.542. The smallest absolute Gasteiger partial charge is 0.410 e. The van der Waals surface area contributed by atoms with Crippen LogP contribution in [0.25, 0.3) is 10.8 Å². The maximum atomic E-state index is 12.2. The highest BCUT2D eigenvalue weighted by Gasteiger charge is 2.43. The second kappa shape index (κ2) is 7.86. The minimum atomic E-state index is -0.443. The topological polar surface area (TPSA) is 51.3 Å². The number of amides is 1. The number of rotatable bonds is 4. The summed E-state index contributed by atoms with van der Waals surface area (Å²) >= 11 is 0. The van der Waals surface area contributed by atoms with Gasteiger partial charge >= 0.3 is 6.09 Å². The third-order valence-electron chi connectivity index (χ3n) is 5.82. The lowest BCUT2D eigenvalue weighted by atomic mass is 9.90. The van der Waals surface area contributed by atoms with Crippen LogP contribution in [0, 0.1) is 5.92 Å². The van der Waals surface area contributed by atoms with Gasteiger partial charge in [-0.2, -0.15) is 0 Å². The highest BCUT2D eigenvalue weighted by molar-refractivity contribution is 5.85. The number of carbonyl (C=O) groups is 1. The van der Waals surface area contributed by atoms with Gasteiger partial charge in [0.25, 0.3) is 0 Å². The number of fused-ring (bicyclic) bond motifs is 1. The summed E-state index contributed by atoms with van der Waals surface area (Å²) in [4.78, 5) is 14.1. The van der Waals surface area contributed by atoms with Crippen LogP contribution in [0.2, 0.25) is 0 Å². The number of methoxy groups -OCH3 is 1. The zero-order chi connectivity index (χ0) is 20.6. The molecule has 2 saturated heterocycles. The monoisotopic (exact) mass is 397 g/mol. The standard InChI is InChI=1S/C24H31NO4/c1-24(2,3)29-23(26)25-11-9-16(10-12-25)13-21-22(28-21)19-14-17-7-5-6-8-18(17)15-20(19)27-4/h5-8,14-16,21-22H,9-13H2,1-4H3. The molecule has 0 N–H and O–H groups in total. The van der Waals surface area contributed by atoms with Gasteiger partial charge in [0.05, 0.1) is 13.2 Å². The summed E-state index contributed by atoms with van der Waals surface area (Å²) in [5.41, 5.74) is 0.699. The van der Waals surface area contributed by atoms with Gasteiger partial charge in [-0.15, -0.1) is 0 Å². The van der Waals surface area contributed by atoms with Crippen LogP contribution in [0.5, 0.6) is 5.75 Å². The Kier molecular flexibility index (Phi) is 5.43. The molecule has 2 heterocycles. The van der Waals surface area contributed by atoms with Crippen molar-refractivity contribution in [1.29, 1.82) is 0 Å². The molecule has 2 fully saturated rings. The second-order valence-electron chi connectivity index (χ2n) is 9.18. The number of nitrogens with zero attached hydrogens (tertiary/aromatic N) is 1. The summed E-state index contributed by atoms with van der Waals surface area (Å²) < 4.78 is 17.2. The number of epoxide rings is 1. The van der Waals surface area contributed by atoms with Crippen molar-refractivity contribution in [1.82, 2.24) is 4.90 Å². The molecule has 2 aliphatic heterocycles. The summed E-state index contributed by atoms with van der Waals surface area (Å²) in [5, 5.41) is 2.39. The largest absolute Gasteiger partial charge is 0.496 e. The Hall–Kier alpha value is -2.27. The lowest BCUT2D eigenvalue weighted by molar-refractivity contribution is 0.0179. The van der Waals surface area contributed by atoms with Crippen LogP contribution in [-0.2, 0) is 9.47 Å². The van der Waals surface area contributed by atoms with Crippen LogP contribution in [-0.4, -0.2) is 42.9 Å². The first-order valence-corrected chi connectivity index (χ1v) is 10.5. The van der Waals surface area contributed by atoms with Gasteiger partial charge in [0.2, 0.25) is 0 Å². The Labute approximate surface area is 172 Å². The number of piperidine rings is 1. The molecule has 5 heteroatoms. The molecule has 0 aromatic heterocycles. The van der Waals surface area contributed by atoms with E-state index in [1.807, 2.05) is 31.7 Å². The van der Waals surface area contributed by atoms with E-state index >= 15 is 0 Å². The molecule has 2 unspecified atom stereocenters. The van der Waals surface area contributed by atoms with E-state index in [-0.39, 0.29) is 18.3 Å². The average Bonchev–Trinajstić information content (AvgIpc) is 3.45. The summed E-state index contributed by atoms with van der Waals surface area (Å²) in [6.07, 6.45) is 3.18. The maximum Gasteiger partial charge on any atom is 0.410 e. The lowest BCUT2D eigenvalue weighted by Gasteiger charge is -2.33. The first kappa shape index (κ1) is 20.0. The minimum Gasteiger partial charge on any atom is -0.496 e. The van der Waals surface area contributed by atoms with Crippen LogP contribution in [0.1, 0.15) is 51.7 Å². The van der Waals surface area contributed by atoms with Crippen molar-refractivity contribution in [2.75, 3.05) is 20.2 Å². The van der Waals surface area contributed by atoms with Gasteiger partial charge in [-0.25, -0.2) is 4.79 Å². The fourth-order valence-corrected chi connectivity index (χ4v) is 4.24. The van der Waals surface area contributed by atoms with Crippen LogP contribution >= 0.6 is 0 Å². The van der Waals surface area contributed by atoms with E-state index in [9.17, 15) is 4.79 Å². The van der Waals surface area contributed by atoms with Gasteiger partial charge in [0.1, 0.15) is 17.5 Å². The molecule has 5 nitrogen and oxygen atoms in total. The quantitative estimate of drug-likeness (QED) is 0.655. The number of benzene rings is 2. The highest BCUT2D eigenvalue weighted by Crippen LogP contribution is 2.47. The zero-order valence-corrected chi connectivity index (χ0v) is 17.8. The maximum absolute atomic E-state index is 12.2. The normalized spacial score (nSPS) is 22.6. The first-order valence-electron chi connectivity index (χ1n) is 10.5. The molecule has 156 valence electrons. The molecular weight excluding hydrogens is 366 g/mol. The number of ether oxygens (including phenoxy) is 3. The van der Waals surface area contributed by atoms with E-state index < -0.39 is 5.60 Å². The molecule has 29 heavy (non-hydrogen) atoms. The van der Waals surface area contributed by atoms with Crippen LogP contribution in [0.4, 0.5) is 4.79 Å². The Morgan fingerprint density at radius 2 is 1.79 bits per heavy atom. The fourth-order valence-electron chi connectivity index (χ4n) is 4.24. The van der Waals surface area contributed by atoms with E-state index in [2.05, 4.69) is 30.3 Å². The molecule has 0 radical (unpaired) electrons. The van der Waals surface area contributed by atoms with Crippen molar-refractivity contribution in [3.8, 4) is 5.75 Å². The highest BCUT2D eigenvalue weighted by atomic mass is 16.6. The van der Waals surface area contributed by atoms with E-state index in [1.165, 1.54) is 10.8 Å². The van der Waals surface area contributed by atoms with Gasteiger partial charge in [-0.1, -0.05) is 24.3 Å². The Morgan fingerprint density at radius 3 is 2.41 bits per heavy atom. The zero-order valence-electron chi connectivity index (χ0n) is 17.8. The number of hydrogen-bond acceptors (Lipinski definition) is 4. The van der Waals surface area contributed by atoms with Crippen molar-refractivity contribution >= 4 is 16.9 Å². The summed E-state index contributed by atoms with van der Waals surface area (Å²) in [6.45, 7) is 7.24. The second-order valence-corrected chi connectivity index (χ2v) is 9.18. The van der Waals surface area contributed by atoms with Gasteiger partial charge in [-0.3, -0.25) is 0 Å².